The van der Waals surface area contributed by atoms with Crippen LogP contribution in [0.3, 0.4) is 0 Å². The van der Waals surface area contributed by atoms with Crippen molar-refractivity contribution in [3.8, 4) is 0 Å². The van der Waals surface area contributed by atoms with Gasteiger partial charge in [0, 0.05) is 61.6 Å². The highest BCUT2D eigenvalue weighted by atomic mass is 35.5. The van der Waals surface area contributed by atoms with E-state index in [1.54, 1.807) is 6.20 Å². The zero-order valence-corrected chi connectivity index (χ0v) is 18.7. The van der Waals surface area contributed by atoms with E-state index in [-0.39, 0.29) is 5.91 Å². The summed E-state index contributed by atoms with van der Waals surface area (Å²) >= 11 is 6.40. The molecule has 5 rings (SSSR count). The Bertz CT molecular complexity index is 1100. The molecule has 3 aromatic rings. The van der Waals surface area contributed by atoms with Gasteiger partial charge in [0.2, 0.25) is 0 Å². The summed E-state index contributed by atoms with van der Waals surface area (Å²) in [7, 11) is 0. The Labute approximate surface area is 192 Å². The van der Waals surface area contributed by atoms with E-state index in [0.717, 1.165) is 47.0 Å². The molecule has 0 spiro atoms. The Balaban J connectivity index is 1.45. The number of halogens is 1. The van der Waals surface area contributed by atoms with Gasteiger partial charge in [-0.15, -0.1) is 0 Å². The lowest BCUT2D eigenvalue weighted by atomic mass is 10.0. The van der Waals surface area contributed by atoms with E-state index >= 15 is 0 Å². The number of fused-ring (bicyclic) bond motifs is 1. The molecule has 1 saturated heterocycles. The number of amides is 1. The second-order valence-electron chi connectivity index (χ2n) is 8.21. The van der Waals surface area contributed by atoms with E-state index in [1.165, 1.54) is 0 Å². The zero-order valence-electron chi connectivity index (χ0n) is 17.9. The van der Waals surface area contributed by atoms with Crippen LogP contribution >= 0.6 is 11.6 Å². The van der Waals surface area contributed by atoms with Crippen LogP contribution in [0.5, 0.6) is 0 Å². The first-order chi connectivity index (χ1) is 15.7. The molecule has 1 fully saturated rings. The SMILES string of the molecule is O=C(c1nn(Cc2ccccn2)c2c1CN(Cc1ccccc1Cl)CC2)N1CCOCC1. The van der Waals surface area contributed by atoms with E-state index in [4.69, 9.17) is 21.4 Å². The molecule has 0 atom stereocenters. The van der Waals surface area contributed by atoms with Gasteiger partial charge in [0.05, 0.1) is 25.5 Å². The normalized spacial score (nSPS) is 16.7. The van der Waals surface area contributed by atoms with Gasteiger partial charge in [-0.3, -0.25) is 19.4 Å². The molecular weight excluding hydrogens is 426 g/mol. The van der Waals surface area contributed by atoms with E-state index in [0.29, 0.717) is 45.1 Å². The summed E-state index contributed by atoms with van der Waals surface area (Å²) in [5.74, 6) is -0.0103. The van der Waals surface area contributed by atoms with Gasteiger partial charge in [-0.2, -0.15) is 5.10 Å². The average molecular weight is 452 g/mol. The predicted octanol–water partition coefficient (Wildman–Crippen LogP) is 3.01. The Morgan fingerprint density at radius 2 is 1.84 bits per heavy atom. The van der Waals surface area contributed by atoms with Crippen LogP contribution in [-0.4, -0.2) is 63.3 Å². The van der Waals surface area contributed by atoms with Gasteiger partial charge in [-0.25, -0.2) is 0 Å². The van der Waals surface area contributed by atoms with Crippen molar-refractivity contribution in [1.82, 2.24) is 24.6 Å². The number of nitrogens with zero attached hydrogens (tertiary/aromatic N) is 5. The minimum Gasteiger partial charge on any atom is -0.378 e. The van der Waals surface area contributed by atoms with Gasteiger partial charge >= 0.3 is 0 Å². The van der Waals surface area contributed by atoms with Crippen LogP contribution in [-0.2, 0) is 30.8 Å². The van der Waals surface area contributed by atoms with Crippen molar-refractivity contribution in [1.29, 1.82) is 0 Å². The number of carbonyl (C=O) groups excluding carboxylic acids is 1. The topological polar surface area (TPSA) is 63.5 Å². The Morgan fingerprint density at radius 1 is 1.03 bits per heavy atom. The Kier molecular flexibility index (Phi) is 6.21. The Morgan fingerprint density at radius 3 is 2.62 bits per heavy atom. The number of hydrogen-bond donors (Lipinski definition) is 0. The summed E-state index contributed by atoms with van der Waals surface area (Å²) in [5, 5.41) is 5.59. The van der Waals surface area contributed by atoms with Gasteiger partial charge in [0.15, 0.2) is 5.69 Å². The molecule has 32 heavy (non-hydrogen) atoms. The van der Waals surface area contributed by atoms with Crippen molar-refractivity contribution in [3.05, 3.63) is 81.9 Å². The highest BCUT2D eigenvalue weighted by molar-refractivity contribution is 6.31. The summed E-state index contributed by atoms with van der Waals surface area (Å²) in [5.41, 5.74) is 4.74. The molecule has 2 aliphatic heterocycles. The van der Waals surface area contributed by atoms with E-state index in [9.17, 15) is 4.79 Å². The Hall–Kier alpha value is -2.74. The molecular formula is C24H26ClN5O2. The number of aromatic nitrogens is 3. The maximum Gasteiger partial charge on any atom is 0.274 e. The number of morpholine rings is 1. The van der Waals surface area contributed by atoms with Crippen LogP contribution < -0.4 is 0 Å². The fourth-order valence-electron chi connectivity index (χ4n) is 4.41. The van der Waals surface area contributed by atoms with Gasteiger partial charge in [-0.05, 0) is 23.8 Å². The molecule has 0 aliphatic carbocycles. The monoisotopic (exact) mass is 451 g/mol. The van der Waals surface area contributed by atoms with Crippen molar-refractivity contribution in [3.63, 3.8) is 0 Å². The number of ether oxygens (including phenoxy) is 1. The lowest BCUT2D eigenvalue weighted by Crippen LogP contribution is -2.41. The molecule has 0 N–H and O–H groups in total. The smallest absolute Gasteiger partial charge is 0.274 e. The van der Waals surface area contributed by atoms with Gasteiger partial charge in [0.1, 0.15) is 0 Å². The molecule has 166 valence electrons. The standard InChI is InChI=1S/C24H26ClN5O2/c25-21-7-2-1-5-18(21)15-28-10-8-22-20(17-28)23(24(31)29-11-13-32-14-12-29)27-30(22)16-19-6-3-4-9-26-19/h1-7,9H,8,10-17H2. The molecule has 8 heteroatoms. The fourth-order valence-corrected chi connectivity index (χ4v) is 4.61. The van der Waals surface area contributed by atoms with Gasteiger partial charge in [-0.1, -0.05) is 35.9 Å². The summed E-state index contributed by atoms with van der Waals surface area (Å²) in [6.45, 7) is 5.21. The van der Waals surface area contributed by atoms with Crippen molar-refractivity contribution >= 4 is 17.5 Å². The molecule has 0 unspecified atom stereocenters. The predicted molar refractivity (Wildman–Crippen MR) is 122 cm³/mol. The van der Waals surface area contributed by atoms with Crippen molar-refractivity contribution < 1.29 is 9.53 Å². The third-order valence-electron chi connectivity index (χ3n) is 6.10. The lowest BCUT2D eigenvalue weighted by Gasteiger charge is -2.29. The van der Waals surface area contributed by atoms with Gasteiger partial charge < -0.3 is 9.64 Å². The second kappa shape index (κ2) is 9.40. The largest absolute Gasteiger partial charge is 0.378 e. The molecule has 0 radical (unpaired) electrons. The molecule has 7 nitrogen and oxygen atoms in total. The summed E-state index contributed by atoms with van der Waals surface area (Å²) < 4.78 is 7.40. The highest BCUT2D eigenvalue weighted by Gasteiger charge is 2.31. The third kappa shape index (κ3) is 4.41. The molecule has 2 aromatic heterocycles. The second-order valence-corrected chi connectivity index (χ2v) is 8.62. The number of rotatable bonds is 5. The number of benzene rings is 1. The van der Waals surface area contributed by atoms with Crippen molar-refractivity contribution in [2.45, 2.75) is 26.1 Å². The van der Waals surface area contributed by atoms with Crippen LogP contribution in [0, 0.1) is 0 Å². The first kappa shape index (κ1) is 21.1. The summed E-state index contributed by atoms with van der Waals surface area (Å²) in [4.78, 5) is 22.0. The van der Waals surface area contributed by atoms with Crippen LogP contribution in [0.15, 0.2) is 48.7 Å². The molecule has 2 aliphatic rings. The van der Waals surface area contributed by atoms with Gasteiger partial charge in [0.25, 0.3) is 5.91 Å². The maximum atomic E-state index is 13.4. The highest BCUT2D eigenvalue weighted by Crippen LogP contribution is 2.27. The van der Waals surface area contributed by atoms with Crippen molar-refractivity contribution in [2.24, 2.45) is 0 Å². The maximum absolute atomic E-state index is 13.4. The minimum atomic E-state index is -0.0103. The van der Waals surface area contributed by atoms with Crippen LogP contribution in [0.2, 0.25) is 5.02 Å². The minimum absolute atomic E-state index is 0.0103. The summed E-state index contributed by atoms with van der Waals surface area (Å²) in [6.07, 6.45) is 2.62. The van der Waals surface area contributed by atoms with Crippen LogP contribution in [0.1, 0.15) is 33.0 Å². The zero-order chi connectivity index (χ0) is 21.9. The van der Waals surface area contributed by atoms with Crippen molar-refractivity contribution in [2.75, 3.05) is 32.8 Å². The number of hydrogen-bond acceptors (Lipinski definition) is 5. The number of pyridine rings is 1. The third-order valence-corrected chi connectivity index (χ3v) is 6.47. The van der Waals surface area contributed by atoms with Crippen LogP contribution in [0.25, 0.3) is 0 Å². The average Bonchev–Trinajstić information content (AvgIpc) is 3.19. The first-order valence-corrected chi connectivity index (χ1v) is 11.4. The molecule has 0 bridgehead atoms. The van der Waals surface area contributed by atoms with Crippen LogP contribution in [0.4, 0.5) is 0 Å². The van der Waals surface area contributed by atoms with E-state index in [1.807, 2.05) is 46.0 Å². The quantitative estimate of drug-likeness (QED) is 0.596. The lowest BCUT2D eigenvalue weighted by molar-refractivity contribution is 0.0297. The fraction of sp³-hybridized carbons (Fsp3) is 0.375. The molecule has 0 saturated carbocycles. The molecule has 1 amide bonds. The van der Waals surface area contributed by atoms with E-state index < -0.39 is 0 Å². The van der Waals surface area contributed by atoms with E-state index in [2.05, 4.69) is 16.0 Å². The summed E-state index contributed by atoms with van der Waals surface area (Å²) in [6, 6.07) is 13.8. The number of carbonyl (C=O) groups is 1. The molecule has 4 heterocycles. The first-order valence-electron chi connectivity index (χ1n) is 11.0. The molecule has 1 aromatic carbocycles.